The lowest BCUT2D eigenvalue weighted by molar-refractivity contribution is -0.384. The molecule has 37 heavy (non-hydrogen) atoms. The van der Waals surface area contributed by atoms with Crippen LogP contribution in [-0.2, 0) is 25.4 Å². The summed E-state index contributed by atoms with van der Waals surface area (Å²) < 4.78 is 11.7. The van der Waals surface area contributed by atoms with Crippen LogP contribution in [0.25, 0.3) is 0 Å². The second-order valence-electron chi connectivity index (χ2n) is 11.3. The molecule has 2 aliphatic heterocycles. The van der Waals surface area contributed by atoms with Gasteiger partial charge in [-0.2, -0.15) is 0 Å². The number of thioether (sulfide) groups is 1. The first-order valence-corrected chi connectivity index (χ1v) is 16.3. The van der Waals surface area contributed by atoms with Gasteiger partial charge in [0.15, 0.2) is 13.4 Å². The van der Waals surface area contributed by atoms with Crippen LogP contribution < -0.4 is 5.32 Å². The molecule has 0 spiro atoms. The third kappa shape index (κ3) is 7.32. The Bertz CT molecular complexity index is 1030. The van der Waals surface area contributed by atoms with Gasteiger partial charge in [0.2, 0.25) is 5.91 Å². The molecule has 1 aromatic rings. The van der Waals surface area contributed by atoms with E-state index in [0.29, 0.717) is 25.1 Å². The Morgan fingerprint density at radius 3 is 2.49 bits per heavy atom. The molecule has 1 aromatic carbocycles. The lowest BCUT2D eigenvalue weighted by atomic mass is 9.84. The van der Waals surface area contributed by atoms with Crippen molar-refractivity contribution in [3.63, 3.8) is 0 Å². The predicted octanol–water partition coefficient (Wildman–Crippen LogP) is 4.48. The van der Waals surface area contributed by atoms with Gasteiger partial charge >= 0.3 is 6.09 Å². The summed E-state index contributed by atoms with van der Waals surface area (Å²) in [5.41, 5.74) is 0.632. The van der Waals surface area contributed by atoms with Crippen molar-refractivity contribution in [2.45, 2.75) is 82.7 Å². The standard InChI is InChI=1S/C25H37N3O7SSi/c1-16(35-37(5,6)25(2,3)4)22-20(26-23(22)30)13-21(29)36-19-11-12-27(14-19)24(31)34-15-17-7-9-18(10-8-17)28(32)33/h7-10,16,19-20,22H,11-15H2,1-6H3,(H,26,30)/t16-,19?,20-,22-/m1/s1. The molecular formula is C25H37N3O7SSi. The number of amides is 2. The summed E-state index contributed by atoms with van der Waals surface area (Å²) >= 11 is 1.22. The van der Waals surface area contributed by atoms with Gasteiger partial charge in [-0.05, 0) is 49.2 Å². The van der Waals surface area contributed by atoms with Gasteiger partial charge < -0.3 is 19.4 Å². The normalized spacial score (nSPS) is 22.7. The van der Waals surface area contributed by atoms with Crippen LogP contribution in [0.2, 0.25) is 18.1 Å². The van der Waals surface area contributed by atoms with Crippen LogP contribution in [-0.4, -0.2) is 65.7 Å². The third-order valence-corrected chi connectivity index (χ3v) is 13.2. The Morgan fingerprint density at radius 1 is 1.27 bits per heavy atom. The minimum Gasteiger partial charge on any atom is -0.445 e. The molecule has 12 heteroatoms. The molecule has 2 fully saturated rings. The molecule has 0 bridgehead atoms. The van der Waals surface area contributed by atoms with E-state index >= 15 is 0 Å². The molecule has 0 aliphatic carbocycles. The average Bonchev–Trinajstić information content (AvgIpc) is 3.24. The van der Waals surface area contributed by atoms with Gasteiger partial charge in [-0.15, -0.1) is 0 Å². The van der Waals surface area contributed by atoms with E-state index in [0.717, 1.165) is 0 Å². The molecule has 1 N–H and O–H groups in total. The van der Waals surface area contributed by atoms with Gasteiger partial charge in [0.25, 0.3) is 5.69 Å². The second-order valence-corrected chi connectivity index (χ2v) is 17.4. The SMILES string of the molecule is C[C@@H](O[Si](C)(C)C(C)(C)C)[C@H]1C(=O)N[C@@H]1CC(=O)SC1CCN(C(=O)OCc2ccc([N+](=O)[O-])cc2)C1. The van der Waals surface area contributed by atoms with Gasteiger partial charge in [-0.1, -0.05) is 32.5 Å². The Kier molecular flexibility index (Phi) is 9.07. The molecular weight excluding hydrogens is 514 g/mol. The zero-order chi connectivity index (χ0) is 27.5. The molecule has 0 saturated carbocycles. The number of hydrogen-bond acceptors (Lipinski definition) is 8. The van der Waals surface area contributed by atoms with Crippen molar-refractivity contribution in [1.29, 1.82) is 0 Å². The Balaban J connectivity index is 1.43. The number of nitrogens with one attached hydrogen (secondary N) is 1. The van der Waals surface area contributed by atoms with Crippen LogP contribution in [0.3, 0.4) is 0 Å². The molecule has 1 unspecified atom stereocenters. The van der Waals surface area contributed by atoms with Gasteiger partial charge in [0, 0.05) is 36.9 Å². The topological polar surface area (TPSA) is 128 Å². The van der Waals surface area contributed by atoms with Crippen molar-refractivity contribution in [3.05, 3.63) is 39.9 Å². The molecule has 3 rings (SSSR count). The minimum atomic E-state index is -2.04. The molecule has 2 aliphatic rings. The number of β-lactam (4-membered cyclic amide) rings is 1. The minimum absolute atomic E-state index is 0.0133. The van der Waals surface area contributed by atoms with E-state index in [9.17, 15) is 24.5 Å². The Labute approximate surface area is 223 Å². The zero-order valence-corrected chi connectivity index (χ0v) is 24.1. The second kappa shape index (κ2) is 11.5. The molecule has 0 radical (unpaired) electrons. The molecule has 2 saturated heterocycles. The van der Waals surface area contributed by atoms with Crippen molar-refractivity contribution in [3.8, 4) is 0 Å². The largest absolute Gasteiger partial charge is 0.445 e. The molecule has 2 heterocycles. The van der Waals surface area contributed by atoms with Crippen LogP contribution in [0.5, 0.6) is 0 Å². The van der Waals surface area contributed by atoms with Crippen LogP contribution in [0.4, 0.5) is 10.5 Å². The van der Waals surface area contributed by atoms with E-state index < -0.39 is 19.3 Å². The van der Waals surface area contributed by atoms with Crippen LogP contribution in [0.1, 0.15) is 46.1 Å². The molecule has 2 amide bonds. The third-order valence-electron chi connectivity index (χ3n) is 7.45. The first-order valence-electron chi connectivity index (χ1n) is 12.5. The van der Waals surface area contributed by atoms with E-state index in [2.05, 4.69) is 39.2 Å². The number of rotatable bonds is 9. The quantitative estimate of drug-likeness (QED) is 0.206. The lowest BCUT2D eigenvalue weighted by Gasteiger charge is -2.45. The zero-order valence-electron chi connectivity index (χ0n) is 22.3. The highest BCUT2D eigenvalue weighted by atomic mass is 32.2. The van der Waals surface area contributed by atoms with Crippen molar-refractivity contribution in [2.75, 3.05) is 13.1 Å². The van der Waals surface area contributed by atoms with E-state index in [1.165, 1.54) is 23.9 Å². The van der Waals surface area contributed by atoms with Crippen LogP contribution in [0, 0.1) is 16.0 Å². The molecule has 0 aromatic heterocycles. The van der Waals surface area contributed by atoms with E-state index in [1.54, 1.807) is 17.0 Å². The van der Waals surface area contributed by atoms with Crippen molar-refractivity contribution < 1.29 is 28.5 Å². The first kappa shape index (κ1) is 29.1. The number of nitro benzene ring substituents is 1. The van der Waals surface area contributed by atoms with E-state index in [1.807, 2.05) is 6.92 Å². The monoisotopic (exact) mass is 551 g/mol. The summed E-state index contributed by atoms with van der Waals surface area (Å²) in [6.45, 7) is 13.6. The summed E-state index contributed by atoms with van der Waals surface area (Å²) in [5.74, 6) is -0.412. The molecule has 4 atom stereocenters. The Morgan fingerprint density at radius 2 is 1.92 bits per heavy atom. The Hall–Kier alpha value is -2.44. The van der Waals surface area contributed by atoms with E-state index in [-0.39, 0.29) is 58.1 Å². The number of benzene rings is 1. The van der Waals surface area contributed by atoms with E-state index in [4.69, 9.17) is 9.16 Å². The number of carbonyl (C=O) groups excluding carboxylic acids is 3. The van der Waals surface area contributed by atoms with Gasteiger partial charge in [-0.25, -0.2) is 4.79 Å². The highest BCUT2D eigenvalue weighted by molar-refractivity contribution is 8.14. The number of nitro groups is 1. The van der Waals surface area contributed by atoms with Gasteiger partial charge in [0.05, 0.1) is 23.0 Å². The van der Waals surface area contributed by atoms with Crippen molar-refractivity contribution in [2.24, 2.45) is 5.92 Å². The number of ether oxygens (including phenoxy) is 1. The highest BCUT2D eigenvalue weighted by Gasteiger charge is 2.48. The lowest BCUT2D eigenvalue weighted by Crippen LogP contribution is -2.64. The fourth-order valence-corrected chi connectivity index (χ4v) is 6.80. The fourth-order valence-electron chi connectivity index (χ4n) is 4.24. The first-order chi connectivity index (χ1) is 17.2. The van der Waals surface area contributed by atoms with Gasteiger partial charge in [0.1, 0.15) is 6.61 Å². The number of non-ortho nitro benzene ring substituents is 1. The number of likely N-dealkylation sites (tertiary alicyclic amines) is 1. The maximum Gasteiger partial charge on any atom is 0.410 e. The molecule has 204 valence electrons. The van der Waals surface area contributed by atoms with Crippen LogP contribution >= 0.6 is 11.8 Å². The fraction of sp³-hybridized carbons (Fsp3) is 0.640. The summed E-state index contributed by atoms with van der Waals surface area (Å²) in [4.78, 5) is 49.3. The maximum atomic E-state index is 12.8. The number of nitrogens with zero attached hydrogens (tertiary/aromatic N) is 2. The van der Waals surface area contributed by atoms with Crippen molar-refractivity contribution >= 4 is 42.9 Å². The average molecular weight is 552 g/mol. The summed E-state index contributed by atoms with van der Waals surface area (Å²) in [6, 6.07) is 5.60. The smallest absolute Gasteiger partial charge is 0.410 e. The summed E-state index contributed by atoms with van der Waals surface area (Å²) in [6.07, 6.45) is 0.170. The summed E-state index contributed by atoms with van der Waals surface area (Å²) in [5, 5.41) is 13.6. The molecule has 10 nitrogen and oxygen atoms in total. The van der Waals surface area contributed by atoms with Gasteiger partial charge in [-0.3, -0.25) is 19.7 Å². The summed E-state index contributed by atoms with van der Waals surface area (Å²) in [7, 11) is -2.04. The maximum absolute atomic E-state index is 12.8. The number of carbonyl (C=O) groups is 3. The highest BCUT2D eigenvalue weighted by Crippen LogP contribution is 2.39. The van der Waals surface area contributed by atoms with Crippen molar-refractivity contribution in [1.82, 2.24) is 10.2 Å². The van der Waals surface area contributed by atoms with Crippen LogP contribution in [0.15, 0.2) is 24.3 Å². The predicted molar refractivity (Wildman–Crippen MR) is 144 cm³/mol. The number of hydrogen-bond donors (Lipinski definition) is 1.